The minimum Gasteiger partial charge on any atom is -0.453 e. The largest absolute Gasteiger partial charge is 0.453 e. The van der Waals surface area contributed by atoms with Crippen LogP contribution in [0.25, 0.3) is 10.9 Å². The predicted molar refractivity (Wildman–Crippen MR) is 52.1 cm³/mol. The van der Waals surface area contributed by atoms with Crippen LogP contribution in [-0.4, -0.2) is 11.8 Å². The van der Waals surface area contributed by atoms with Crippen molar-refractivity contribution in [2.45, 2.75) is 0 Å². The third kappa shape index (κ3) is 0.891. The van der Waals surface area contributed by atoms with E-state index in [4.69, 9.17) is 9.47 Å². The van der Waals surface area contributed by atoms with E-state index in [0.29, 0.717) is 6.79 Å². The molecule has 1 aliphatic heterocycles. The maximum absolute atomic E-state index is 5.32. The maximum atomic E-state index is 5.32. The molecule has 1 aromatic carbocycles. The monoisotopic (exact) mass is 239 g/mol. The summed E-state index contributed by atoms with van der Waals surface area (Å²) in [5.74, 6) is 1.59. The van der Waals surface area contributed by atoms with Crippen molar-refractivity contribution in [3.8, 4) is 11.5 Å². The van der Waals surface area contributed by atoms with Gasteiger partial charge < -0.3 is 14.5 Å². The fraction of sp³-hybridized carbons (Fsp3) is 0.111. The van der Waals surface area contributed by atoms with Crippen molar-refractivity contribution in [3.05, 3.63) is 22.8 Å². The number of rotatable bonds is 0. The van der Waals surface area contributed by atoms with Gasteiger partial charge in [-0.2, -0.15) is 0 Å². The Bertz CT molecular complexity index is 478. The van der Waals surface area contributed by atoms with E-state index in [1.54, 1.807) is 0 Å². The van der Waals surface area contributed by atoms with Gasteiger partial charge in [0.15, 0.2) is 11.5 Å². The van der Waals surface area contributed by atoms with Crippen LogP contribution in [-0.2, 0) is 0 Å². The standard InChI is InChI=1S/C9H6BrNO2/c10-8-5-1-2-11-6(5)3-7-9(8)13-4-12-7/h1-3,11H,4H2. The number of aromatic nitrogens is 1. The second kappa shape index (κ2) is 2.42. The molecule has 3 rings (SSSR count). The van der Waals surface area contributed by atoms with Crippen LogP contribution < -0.4 is 9.47 Å². The highest BCUT2D eigenvalue weighted by Crippen LogP contribution is 2.43. The Kier molecular flexibility index (Phi) is 1.35. The Labute approximate surface area is 82.8 Å². The van der Waals surface area contributed by atoms with Gasteiger partial charge >= 0.3 is 0 Å². The summed E-state index contributed by atoms with van der Waals surface area (Å²) in [6.07, 6.45) is 1.89. The number of hydrogen-bond donors (Lipinski definition) is 1. The van der Waals surface area contributed by atoms with Crippen molar-refractivity contribution in [1.82, 2.24) is 4.98 Å². The van der Waals surface area contributed by atoms with E-state index in [1.807, 2.05) is 18.3 Å². The van der Waals surface area contributed by atoms with Crippen LogP contribution in [0.2, 0.25) is 0 Å². The number of halogens is 1. The molecule has 2 aromatic rings. The summed E-state index contributed by atoms with van der Waals surface area (Å²) in [6, 6.07) is 3.95. The number of H-pyrrole nitrogens is 1. The number of fused-ring (bicyclic) bond motifs is 2. The first-order valence-electron chi connectivity index (χ1n) is 3.91. The lowest BCUT2D eigenvalue weighted by molar-refractivity contribution is 0.173. The van der Waals surface area contributed by atoms with Gasteiger partial charge in [-0.25, -0.2) is 0 Å². The summed E-state index contributed by atoms with van der Waals surface area (Å²) in [5.41, 5.74) is 1.05. The molecule has 3 nitrogen and oxygen atoms in total. The van der Waals surface area contributed by atoms with Crippen molar-refractivity contribution < 1.29 is 9.47 Å². The lowest BCUT2D eigenvalue weighted by Crippen LogP contribution is -1.93. The number of aromatic amines is 1. The lowest BCUT2D eigenvalue weighted by atomic mass is 10.2. The van der Waals surface area contributed by atoms with E-state index in [2.05, 4.69) is 20.9 Å². The molecule has 0 amide bonds. The third-order valence-corrected chi connectivity index (χ3v) is 2.92. The highest BCUT2D eigenvalue weighted by Gasteiger charge is 2.19. The zero-order valence-corrected chi connectivity index (χ0v) is 8.22. The van der Waals surface area contributed by atoms with Gasteiger partial charge in [-0.1, -0.05) is 0 Å². The SMILES string of the molecule is Brc1c2c(cc3[nH]ccc13)OCO2. The lowest BCUT2D eigenvalue weighted by Gasteiger charge is -2.00. The molecule has 4 heteroatoms. The highest BCUT2D eigenvalue weighted by molar-refractivity contribution is 9.10. The quantitative estimate of drug-likeness (QED) is 0.768. The predicted octanol–water partition coefficient (Wildman–Crippen LogP) is 2.66. The van der Waals surface area contributed by atoms with Crippen LogP contribution >= 0.6 is 15.9 Å². The number of benzene rings is 1. The Hall–Kier alpha value is -1.16. The van der Waals surface area contributed by atoms with Gasteiger partial charge in [-0.3, -0.25) is 0 Å². The average molecular weight is 240 g/mol. The molecule has 0 unspecified atom stereocenters. The van der Waals surface area contributed by atoms with Gasteiger partial charge in [0, 0.05) is 17.6 Å². The minimum atomic E-state index is 0.306. The van der Waals surface area contributed by atoms with Crippen molar-refractivity contribution in [2.24, 2.45) is 0 Å². The first-order chi connectivity index (χ1) is 6.36. The summed E-state index contributed by atoms with van der Waals surface area (Å²) in [6.45, 7) is 0.306. The Morgan fingerprint density at radius 3 is 3.23 bits per heavy atom. The van der Waals surface area contributed by atoms with E-state index in [-0.39, 0.29) is 0 Å². The molecule has 0 saturated heterocycles. The molecular weight excluding hydrogens is 234 g/mol. The Morgan fingerprint density at radius 2 is 2.31 bits per heavy atom. The first-order valence-corrected chi connectivity index (χ1v) is 4.71. The van der Waals surface area contributed by atoms with Gasteiger partial charge in [0.05, 0.1) is 9.99 Å². The van der Waals surface area contributed by atoms with Crippen molar-refractivity contribution in [2.75, 3.05) is 6.79 Å². The molecule has 0 aliphatic carbocycles. The number of hydrogen-bond acceptors (Lipinski definition) is 2. The van der Waals surface area contributed by atoms with Crippen LogP contribution in [0.5, 0.6) is 11.5 Å². The topological polar surface area (TPSA) is 34.2 Å². The second-order valence-corrected chi connectivity index (χ2v) is 3.66. The number of ether oxygens (including phenoxy) is 2. The Morgan fingerprint density at radius 1 is 1.38 bits per heavy atom. The number of nitrogens with one attached hydrogen (secondary N) is 1. The van der Waals surface area contributed by atoms with E-state index in [9.17, 15) is 0 Å². The second-order valence-electron chi connectivity index (χ2n) is 2.86. The van der Waals surface area contributed by atoms with Gasteiger partial charge in [0.2, 0.25) is 6.79 Å². The maximum Gasteiger partial charge on any atom is 0.231 e. The third-order valence-electron chi connectivity index (χ3n) is 2.13. The molecule has 0 bridgehead atoms. The van der Waals surface area contributed by atoms with Crippen LogP contribution in [0.1, 0.15) is 0 Å². The summed E-state index contributed by atoms with van der Waals surface area (Å²) in [7, 11) is 0. The van der Waals surface area contributed by atoms with Gasteiger partial charge in [-0.05, 0) is 22.0 Å². The highest BCUT2D eigenvalue weighted by atomic mass is 79.9. The molecule has 13 heavy (non-hydrogen) atoms. The van der Waals surface area contributed by atoms with Crippen molar-refractivity contribution >= 4 is 26.8 Å². The van der Waals surface area contributed by atoms with Crippen LogP contribution in [0.15, 0.2) is 22.8 Å². The van der Waals surface area contributed by atoms with Crippen molar-refractivity contribution in [3.63, 3.8) is 0 Å². The Balaban J connectivity index is 2.45. The van der Waals surface area contributed by atoms with Crippen LogP contribution in [0.3, 0.4) is 0 Å². The zero-order chi connectivity index (χ0) is 8.84. The smallest absolute Gasteiger partial charge is 0.231 e. The minimum absolute atomic E-state index is 0.306. The average Bonchev–Trinajstić information content (AvgIpc) is 2.71. The fourth-order valence-electron chi connectivity index (χ4n) is 1.51. The van der Waals surface area contributed by atoms with E-state index < -0.39 is 0 Å². The van der Waals surface area contributed by atoms with Gasteiger partial charge in [0.25, 0.3) is 0 Å². The molecule has 0 spiro atoms. The van der Waals surface area contributed by atoms with Gasteiger partial charge in [0.1, 0.15) is 0 Å². The van der Waals surface area contributed by atoms with Crippen molar-refractivity contribution in [1.29, 1.82) is 0 Å². The van der Waals surface area contributed by atoms with Gasteiger partial charge in [-0.15, -0.1) is 0 Å². The van der Waals surface area contributed by atoms with Crippen LogP contribution in [0, 0.1) is 0 Å². The molecule has 1 aliphatic rings. The zero-order valence-electron chi connectivity index (χ0n) is 6.63. The van der Waals surface area contributed by atoms with Crippen LogP contribution in [0.4, 0.5) is 0 Å². The summed E-state index contributed by atoms with van der Waals surface area (Å²) in [5, 5.41) is 1.12. The normalized spacial score (nSPS) is 13.9. The summed E-state index contributed by atoms with van der Waals surface area (Å²) in [4.78, 5) is 3.12. The molecule has 1 N–H and O–H groups in total. The summed E-state index contributed by atoms with van der Waals surface area (Å²) < 4.78 is 11.6. The molecular formula is C9H6BrNO2. The molecule has 1 aromatic heterocycles. The molecule has 66 valence electrons. The summed E-state index contributed by atoms with van der Waals surface area (Å²) >= 11 is 3.49. The fourth-order valence-corrected chi connectivity index (χ4v) is 2.17. The molecule has 0 saturated carbocycles. The molecule has 0 radical (unpaired) electrons. The molecule has 2 heterocycles. The van der Waals surface area contributed by atoms with E-state index in [0.717, 1.165) is 26.9 Å². The molecule has 0 fully saturated rings. The van der Waals surface area contributed by atoms with E-state index >= 15 is 0 Å². The van der Waals surface area contributed by atoms with E-state index in [1.165, 1.54) is 0 Å². The molecule has 0 atom stereocenters. The first kappa shape index (κ1) is 7.26.